The van der Waals surface area contributed by atoms with E-state index in [-0.39, 0.29) is 18.6 Å². The third-order valence-electron chi connectivity index (χ3n) is 6.62. The van der Waals surface area contributed by atoms with Crippen LogP contribution in [0.3, 0.4) is 0 Å². The number of amides is 1. The second kappa shape index (κ2) is 10.2. The number of aryl methyl sites for hydroxylation is 2. The van der Waals surface area contributed by atoms with Gasteiger partial charge in [-0.25, -0.2) is 4.98 Å². The number of pyridine rings is 2. The van der Waals surface area contributed by atoms with E-state index >= 15 is 0 Å². The first kappa shape index (κ1) is 26.0. The molecule has 0 bridgehead atoms. The lowest BCUT2D eigenvalue weighted by Crippen LogP contribution is -2.26. The second-order valence-electron chi connectivity index (χ2n) is 9.29. The van der Waals surface area contributed by atoms with Crippen LogP contribution in [0, 0.1) is 13.8 Å². The molecular formula is C28H25F3N6O2. The minimum atomic E-state index is -4.80. The van der Waals surface area contributed by atoms with Gasteiger partial charge in [0, 0.05) is 42.3 Å². The minimum absolute atomic E-state index is 0.0268. The number of halogens is 3. The van der Waals surface area contributed by atoms with Crippen molar-refractivity contribution in [3.63, 3.8) is 0 Å². The van der Waals surface area contributed by atoms with E-state index in [1.165, 1.54) is 6.07 Å². The largest absolute Gasteiger partial charge is 0.435 e. The molecule has 5 aromatic rings. The lowest BCUT2D eigenvalue weighted by atomic mass is 10.0. The zero-order valence-corrected chi connectivity index (χ0v) is 21.2. The molecule has 11 heteroatoms. The summed E-state index contributed by atoms with van der Waals surface area (Å²) >= 11 is 0. The highest BCUT2D eigenvalue weighted by molar-refractivity contribution is 5.95. The highest BCUT2D eigenvalue weighted by atomic mass is 19.4. The van der Waals surface area contributed by atoms with Crippen LogP contribution in [-0.2, 0) is 25.8 Å². The molecule has 4 aromatic heterocycles. The lowest BCUT2D eigenvalue weighted by Gasteiger charge is -2.12. The Bertz CT molecular complexity index is 1710. The summed E-state index contributed by atoms with van der Waals surface area (Å²) in [7, 11) is 0. The molecule has 0 saturated heterocycles. The van der Waals surface area contributed by atoms with Gasteiger partial charge >= 0.3 is 6.18 Å². The third kappa shape index (κ3) is 5.47. The molecule has 0 aliphatic carbocycles. The first-order chi connectivity index (χ1) is 18.6. The number of nitrogens with zero attached hydrogens (tertiary/aromatic N) is 4. The summed E-state index contributed by atoms with van der Waals surface area (Å²) in [6.07, 6.45) is -0.247. The average molecular weight is 535 g/mol. The van der Waals surface area contributed by atoms with E-state index in [1.807, 2.05) is 13.0 Å². The molecule has 0 radical (unpaired) electrons. The molecule has 0 atom stereocenters. The number of carbonyl (C=O) groups is 1. The molecule has 4 heterocycles. The normalized spacial score (nSPS) is 11.7. The summed E-state index contributed by atoms with van der Waals surface area (Å²) < 4.78 is 44.0. The number of alkyl halides is 3. The number of carbonyl (C=O) groups excluding carboxylic acids is 1. The fourth-order valence-corrected chi connectivity index (χ4v) is 4.55. The first-order valence-electron chi connectivity index (χ1n) is 12.2. The molecule has 0 saturated carbocycles. The number of benzene rings is 1. The maximum atomic E-state index is 13.8. The van der Waals surface area contributed by atoms with Crippen LogP contribution < -0.4 is 10.9 Å². The molecule has 2 N–H and O–H groups in total. The van der Waals surface area contributed by atoms with Gasteiger partial charge in [-0.15, -0.1) is 0 Å². The average Bonchev–Trinajstić information content (AvgIpc) is 3.54. The molecule has 0 aliphatic heterocycles. The predicted octanol–water partition coefficient (Wildman–Crippen LogP) is 4.58. The molecule has 0 aliphatic rings. The summed E-state index contributed by atoms with van der Waals surface area (Å²) in [5.74, 6) is -0.870. The van der Waals surface area contributed by atoms with Crippen LogP contribution in [0.2, 0.25) is 0 Å². The molecular weight excluding hydrogens is 509 g/mol. The van der Waals surface area contributed by atoms with Crippen LogP contribution in [0.5, 0.6) is 0 Å². The van der Waals surface area contributed by atoms with Crippen LogP contribution in [0.25, 0.3) is 11.0 Å². The summed E-state index contributed by atoms with van der Waals surface area (Å²) in [6.45, 7) is 4.11. The Labute approximate surface area is 221 Å². The van der Waals surface area contributed by atoms with E-state index in [4.69, 9.17) is 0 Å². The van der Waals surface area contributed by atoms with Gasteiger partial charge in [0.1, 0.15) is 5.65 Å². The van der Waals surface area contributed by atoms with Gasteiger partial charge in [-0.1, -0.05) is 30.3 Å². The number of aromatic nitrogens is 5. The fraction of sp³-hybridized carbons (Fsp3) is 0.214. The number of aromatic amines is 1. The summed E-state index contributed by atoms with van der Waals surface area (Å²) in [5, 5.41) is 7.19. The van der Waals surface area contributed by atoms with Crippen LogP contribution >= 0.6 is 0 Å². The molecule has 8 nitrogen and oxygen atoms in total. The molecule has 1 aromatic carbocycles. The Morgan fingerprint density at radius 1 is 1.03 bits per heavy atom. The standard InChI is InChI=1S/C28H25F3N6O2/c1-17-21-10-11-32-26(21)34-18(2)22(17)13-33-27(39)23-16-37(35-25(23)28(29,30)31)15-20-8-6-19(7-9-20)14-36-12-4-3-5-24(36)38/h3-12,16H,13-15H2,1-2H3,(H,32,34)(H,33,39). The van der Waals surface area contributed by atoms with Crippen molar-refractivity contribution in [1.29, 1.82) is 0 Å². The summed E-state index contributed by atoms with van der Waals surface area (Å²) in [4.78, 5) is 32.3. The lowest BCUT2D eigenvalue weighted by molar-refractivity contribution is -0.141. The monoisotopic (exact) mass is 534 g/mol. The van der Waals surface area contributed by atoms with Crippen LogP contribution in [-0.4, -0.2) is 30.2 Å². The molecule has 5 rings (SSSR count). The fourth-order valence-electron chi connectivity index (χ4n) is 4.55. The maximum Gasteiger partial charge on any atom is 0.435 e. The molecule has 0 spiro atoms. The van der Waals surface area contributed by atoms with Gasteiger partial charge in [-0.3, -0.25) is 14.3 Å². The number of hydrogen-bond donors (Lipinski definition) is 2. The highest BCUT2D eigenvalue weighted by Crippen LogP contribution is 2.31. The number of nitrogens with one attached hydrogen (secondary N) is 2. The Balaban J connectivity index is 1.33. The van der Waals surface area contributed by atoms with Crippen molar-refractivity contribution >= 4 is 16.9 Å². The van der Waals surface area contributed by atoms with E-state index in [0.717, 1.165) is 33.0 Å². The Morgan fingerprint density at radius 3 is 2.44 bits per heavy atom. The Morgan fingerprint density at radius 2 is 1.74 bits per heavy atom. The zero-order chi connectivity index (χ0) is 27.7. The van der Waals surface area contributed by atoms with Crippen molar-refractivity contribution in [1.82, 2.24) is 29.6 Å². The first-order valence-corrected chi connectivity index (χ1v) is 12.2. The van der Waals surface area contributed by atoms with Crippen LogP contribution in [0.15, 0.2) is 71.9 Å². The van der Waals surface area contributed by atoms with Gasteiger partial charge in [0.05, 0.1) is 18.7 Å². The van der Waals surface area contributed by atoms with Crippen LogP contribution in [0.1, 0.15) is 44.0 Å². The summed E-state index contributed by atoms with van der Waals surface area (Å²) in [5.41, 5.74) is 2.66. The molecule has 0 unspecified atom stereocenters. The van der Waals surface area contributed by atoms with Gasteiger partial charge in [-0.2, -0.15) is 18.3 Å². The minimum Gasteiger partial charge on any atom is -0.348 e. The van der Waals surface area contributed by atoms with Crippen LogP contribution in [0.4, 0.5) is 13.2 Å². The number of rotatable bonds is 7. The van der Waals surface area contributed by atoms with Crippen molar-refractivity contribution in [2.75, 3.05) is 0 Å². The van der Waals surface area contributed by atoms with Crippen molar-refractivity contribution in [3.8, 4) is 0 Å². The molecule has 200 valence electrons. The van der Waals surface area contributed by atoms with E-state index in [9.17, 15) is 22.8 Å². The topological polar surface area (TPSA) is 97.6 Å². The maximum absolute atomic E-state index is 13.8. The number of fused-ring (bicyclic) bond motifs is 1. The van der Waals surface area contributed by atoms with Gasteiger partial charge < -0.3 is 14.9 Å². The molecule has 1 amide bonds. The second-order valence-corrected chi connectivity index (χ2v) is 9.29. The van der Waals surface area contributed by atoms with E-state index in [1.54, 1.807) is 60.3 Å². The van der Waals surface area contributed by atoms with E-state index in [0.29, 0.717) is 23.4 Å². The van der Waals surface area contributed by atoms with Crippen molar-refractivity contribution in [2.45, 2.75) is 39.7 Å². The molecule has 0 fully saturated rings. The van der Waals surface area contributed by atoms with Gasteiger partial charge in [0.2, 0.25) is 0 Å². The summed E-state index contributed by atoms with van der Waals surface area (Å²) in [6, 6.07) is 13.9. The number of hydrogen-bond acceptors (Lipinski definition) is 4. The number of H-pyrrole nitrogens is 1. The van der Waals surface area contributed by atoms with E-state index < -0.39 is 23.3 Å². The van der Waals surface area contributed by atoms with Crippen molar-refractivity contribution in [2.24, 2.45) is 0 Å². The van der Waals surface area contributed by atoms with Gasteiger partial charge in [0.15, 0.2) is 5.69 Å². The predicted molar refractivity (Wildman–Crippen MR) is 139 cm³/mol. The SMILES string of the molecule is Cc1nc2[nH]ccc2c(C)c1CNC(=O)c1cn(Cc2ccc(Cn3ccccc3=O)cc2)nc1C(F)(F)F. The Hall–Kier alpha value is -4.67. The van der Waals surface area contributed by atoms with Crippen molar-refractivity contribution < 1.29 is 18.0 Å². The zero-order valence-electron chi connectivity index (χ0n) is 21.2. The van der Waals surface area contributed by atoms with Crippen molar-refractivity contribution in [3.05, 3.63) is 117 Å². The smallest absolute Gasteiger partial charge is 0.348 e. The third-order valence-corrected chi connectivity index (χ3v) is 6.62. The molecule has 39 heavy (non-hydrogen) atoms. The highest BCUT2D eigenvalue weighted by Gasteiger charge is 2.39. The van der Waals surface area contributed by atoms with Gasteiger partial charge in [-0.05, 0) is 48.2 Å². The van der Waals surface area contributed by atoms with Gasteiger partial charge in [0.25, 0.3) is 11.5 Å². The van der Waals surface area contributed by atoms with E-state index in [2.05, 4.69) is 20.4 Å². The Kier molecular flexibility index (Phi) is 6.81. The quantitative estimate of drug-likeness (QED) is 0.319.